The van der Waals surface area contributed by atoms with Gasteiger partial charge in [-0.25, -0.2) is 9.98 Å². The Kier molecular flexibility index (Phi) is 7.15. The maximum absolute atomic E-state index is 6.08. The highest BCUT2D eigenvalue weighted by molar-refractivity contribution is 7.79. The Balaban J connectivity index is 1.92. The van der Waals surface area contributed by atoms with Crippen molar-refractivity contribution in [3.8, 4) is 5.75 Å². The molecule has 1 aliphatic heterocycles. The van der Waals surface area contributed by atoms with Crippen molar-refractivity contribution >= 4 is 48.7 Å². The van der Waals surface area contributed by atoms with Crippen molar-refractivity contribution in [1.82, 2.24) is 4.90 Å². The third kappa shape index (κ3) is 5.13. The van der Waals surface area contributed by atoms with Crippen molar-refractivity contribution in [2.45, 2.75) is 11.5 Å². The minimum absolute atomic E-state index is 0.114. The second-order valence-corrected chi connectivity index (χ2v) is 6.19. The normalized spacial score (nSPS) is 15.4. The van der Waals surface area contributed by atoms with Gasteiger partial charge in [0.05, 0.1) is 13.1 Å². The summed E-state index contributed by atoms with van der Waals surface area (Å²) < 4.78 is 5.70. The van der Waals surface area contributed by atoms with E-state index in [9.17, 15) is 0 Å². The zero-order valence-corrected chi connectivity index (χ0v) is 16.1. The van der Waals surface area contributed by atoms with Gasteiger partial charge in [-0.05, 0) is 23.3 Å². The second kappa shape index (κ2) is 9.12. The van der Waals surface area contributed by atoms with E-state index in [1.54, 1.807) is 0 Å². The smallest absolute Gasteiger partial charge is 0.197 e. The molecule has 0 aliphatic carbocycles. The van der Waals surface area contributed by atoms with E-state index in [0.29, 0.717) is 30.5 Å². The molecule has 0 saturated heterocycles. The van der Waals surface area contributed by atoms with Gasteiger partial charge in [-0.15, -0.1) is 0 Å². The number of thiol groups is 2. The standard InChI is InChI=1S/C15H21ClN6OS2/c16-13-14(18)21-12(17)6-22(13)15(19)20-3-4-23-11-2-1-9(7-24)10(5-11)8-25/h1-2,5,24-25H,3-4,6-8,18H2,(H2,17,21)(H2,19,20). The van der Waals surface area contributed by atoms with Gasteiger partial charge in [-0.3, -0.25) is 4.90 Å². The Bertz CT molecular complexity index is 722. The number of halogens is 1. The summed E-state index contributed by atoms with van der Waals surface area (Å²) in [6.45, 7) is 0.960. The van der Waals surface area contributed by atoms with E-state index in [2.05, 4.69) is 35.2 Å². The van der Waals surface area contributed by atoms with Crippen LogP contribution in [0.1, 0.15) is 11.1 Å². The molecule has 0 unspecified atom stereocenters. The number of rotatable bonds is 6. The van der Waals surface area contributed by atoms with Crippen molar-refractivity contribution in [1.29, 1.82) is 0 Å². The van der Waals surface area contributed by atoms with Crippen LogP contribution in [0.5, 0.6) is 5.75 Å². The van der Waals surface area contributed by atoms with Crippen molar-refractivity contribution < 1.29 is 4.74 Å². The average molecular weight is 401 g/mol. The molecule has 0 spiro atoms. The monoisotopic (exact) mass is 400 g/mol. The topological polar surface area (TPSA) is 115 Å². The fourth-order valence-corrected chi connectivity index (χ4v) is 2.98. The first-order chi connectivity index (χ1) is 12.0. The highest BCUT2D eigenvalue weighted by Crippen LogP contribution is 2.21. The molecule has 1 aromatic carbocycles. The summed E-state index contributed by atoms with van der Waals surface area (Å²) in [5, 5.41) is 0.206. The second-order valence-electron chi connectivity index (χ2n) is 5.20. The fourth-order valence-electron chi connectivity index (χ4n) is 2.19. The molecule has 1 aliphatic rings. The van der Waals surface area contributed by atoms with Gasteiger partial charge in [-0.1, -0.05) is 17.7 Å². The Labute approximate surface area is 162 Å². The van der Waals surface area contributed by atoms with Crippen molar-refractivity contribution in [2.75, 3.05) is 19.7 Å². The Hall–Kier alpha value is -1.71. The molecule has 0 amide bonds. The van der Waals surface area contributed by atoms with Crippen LogP contribution in [0.4, 0.5) is 0 Å². The van der Waals surface area contributed by atoms with Gasteiger partial charge in [0.25, 0.3) is 0 Å². The molecule has 0 saturated carbocycles. The molecule has 0 fully saturated rings. The van der Waals surface area contributed by atoms with Crippen LogP contribution in [-0.4, -0.2) is 36.4 Å². The molecule has 1 aromatic rings. The number of benzene rings is 1. The van der Waals surface area contributed by atoms with E-state index in [-0.39, 0.29) is 23.5 Å². The van der Waals surface area contributed by atoms with Gasteiger partial charge in [-0.2, -0.15) is 25.3 Å². The summed E-state index contributed by atoms with van der Waals surface area (Å²) in [5.41, 5.74) is 19.5. The minimum atomic E-state index is 0.114. The number of nitrogens with two attached hydrogens (primary N) is 3. The first-order valence-corrected chi connectivity index (χ1v) is 9.12. The number of amidine groups is 1. The minimum Gasteiger partial charge on any atom is -0.492 e. The van der Waals surface area contributed by atoms with E-state index in [1.165, 1.54) is 4.90 Å². The van der Waals surface area contributed by atoms with Gasteiger partial charge in [0.1, 0.15) is 18.2 Å². The van der Waals surface area contributed by atoms with E-state index in [4.69, 9.17) is 33.5 Å². The molecule has 6 N–H and O–H groups in total. The van der Waals surface area contributed by atoms with Crippen LogP contribution in [-0.2, 0) is 11.5 Å². The summed E-state index contributed by atoms with van der Waals surface area (Å²) in [6, 6.07) is 5.83. The van der Waals surface area contributed by atoms with Crippen molar-refractivity contribution in [2.24, 2.45) is 27.2 Å². The summed E-state index contributed by atoms with van der Waals surface area (Å²) in [5.74, 6) is 2.68. The number of hydrogen-bond acceptors (Lipinski definition) is 7. The maximum Gasteiger partial charge on any atom is 0.197 e. The van der Waals surface area contributed by atoms with Gasteiger partial charge in [0.2, 0.25) is 0 Å². The summed E-state index contributed by atoms with van der Waals surface area (Å²) in [7, 11) is 0. The third-order valence-corrected chi connectivity index (χ3v) is 4.54. The molecule has 0 radical (unpaired) electrons. The first-order valence-electron chi connectivity index (χ1n) is 7.48. The summed E-state index contributed by atoms with van der Waals surface area (Å²) in [6.07, 6.45) is 0. The highest BCUT2D eigenvalue weighted by atomic mass is 35.5. The number of hydrogen-bond donors (Lipinski definition) is 5. The van der Waals surface area contributed by atoms with Crippen molar-refractivity contribution in [3.05, 3.63) is 40.3 Å². The largest absolute Gasteiger partial charge is 0.492 e. The molecular weight excluding hydrogens is 380 g/mol. The molecule has 25 heavy (non-hydrogen) atoms. The van der Waals surface area contributed by atoms with Gasteiger partial charge >= 0.3 is 0 Å². The van der Waals surface area contributed by atoms with Crippen LogP contribution in [0.3, 0.4) is 0 Å². The molecule has 136 valence electrons. The maximum atomic E-state index is 6.08. The number of nitrogens with zero attached hydrogens (tertiary/aromatic N) is 3. The van der Waals surface area contributed by atoms with E-state index >= 15 is 0 Å². The Morgan fingerprint density at radius 1 is 1.28 bits per heavy atom. The summed E-state index contributed by atoms with van der Waals surface area (Å²) >= 11 is 14.7. The van der Waals surface area contributed by atoms with Gasteiger partial charge < -0.3 is 21.9 Å². The predicted octanol–water partition coefficient (Wildman–Crippen LogP) is 1.24. The molecule has 2 rings (SSSR count). The Morgan fingerprint density at radius 2 is 2.00 bits per heavy atom. The number of guanidine groups is 1. The average Bonchev–Trinajstić information content (AvgIpc) is 2.61. The quantitative estimate of drug-likeness (QED) is 0.162. The van der Waals surface area contributed by atoms with Crippen LogP contribution >= 0.6 is 36.9 Å². The molecule has 10 heteroatoms. The van der Waals surface area contributed by atoms with Crippen LogP contribution in [0.15, 0.2) is 39.2 Å². The zero-order valence-electron chi connectivity index (χ0n) is 13.5. The van der Waals surface area contributed by atoms with E-state index < -0.39 is 0 Å². The number of aliphatic imine (C=N–C) groups is 2. The molecule has 7 nitrogen and oxygen atoms in total. The van der Waals surface area contributed by atoms with E-state index in [1.807, 2.05) is 18.2 Å². The van der Waals surface area contributed by atoms with Crippen LogP contribution in [0.2, 0.25) is 0 Å². The fraction of sp³-hybridized carbons (Fsp3) is 0.333. The molecule has 0 aromatic heterocycles. The van der Waals surface area contributed by atoms with Crippen LogP contribution in [0.25, 0.3) is 0 Å². The first kappa shape index (κ1) is 19.6. The predicted molar refractivity (Wildman–Crippen MR) is 109 cm³/mol. The molecular formula is C15H21ClN6OS2. The Morgan fingerprint density at radius 3 is 2.68 bits per heavy atom. The summed E-state index contributed by atoms with van der Waals surface area (Å²) in [4.78, 5) is 9.64. The third-order valence-electron chi connectivity index (χ3n) is 3.46. The SMILES string of the molecule is NC1=NC(N)=C(Cl)N(C(N)=NCCOc2ccc(CS)c(CS)c2)C1. The van der Waals surface area contributed by atoms with E-state index in [0.717, 1.165) is 16.9 Å². The molecule has 0 atom stereocenters. The lowest BCUT2D eigenvalue weighted by Crippen LogP contribution is -2.44. The molecule has 0 bridgehead atoms. The number of ether oxygens (including phenoxy) is 1. The highest BCUT2D eigenvalue weighted by Gasteiger charge is 2.20. The van der Waals surface area contributed by atoms with Crippen LogP contribution < -0.4 is 21.9 Å². The zero-order chi connectivity index (χ0) is 18.4. The lowest BCUT2D eigenvalue weighted by molar-refractivity contribution is 0.328. The van der Waals surface area contributed by atoms with Gasteiger partial charge in [0.15, 0.2) is 16.9 Å². The molecule has 1 heterocycles. The van der Waals surface area contributed by atoms with Gasteiger partial charge in [0, 0.05) is 11.5 Å². The lowest BCUT2D eigenvalue weighted by atomic mass is 10.1. The van der Waals surface area contributed by atoms with Crippen LogP contribution in [0, 0.1) is 0 Å². The van der Waals surface area contributed by atoms with Crippen molar-refractivity contribution in [3.63, 3.8) is 0 Å². The lowest BCUT2D eigenvalue weighted by Gasteiger charge is -2.25.